The van der Waals surface area contributed by atoms with Crippen molar-refractivity contribution >= 4 is 22.6 Å². The number of hydrogen-bond donors (Lipinski definition) is 4. The van der Waals surface area contributed by atoms with Crippen LogP contribution in [0.4, 0.5) is 5.82 Å². The van der Waals surface area contributed by atoms with E-state index in [1.807, 2.05) is 37.4 Å². The van der Waals surface area contributed by atoms with Crippen LogP contribution >= 0.6 is 0 Å². The van der Waals surface area contributed by atoms with Crippen molar-refractivity contribution in [3.63, 3.8) is 0 Å². The van der Waals surface area contributed by atoms with Crippen molar-refractivity contribution < 1.29 is 4.79 Å². The van der Waals surface area contributed by atoms with Crippen molar-refractivity contribution in [2.45, 2.75) is 19.4 Å². The van der Waals surface area contributed by atoms with E-state index >= 15 is 0 Å². The first-order valence-corrected chi connectivity index (χ1v) is 6.76. The molecule has 0 saturated carbocycles. The van der Waals surface area contributed by atoms with Gasteiger partial charge in [0, 0.05) is 22.7 Å². The van der Waals surface area contributed by atoms with Gasteiger partial charge >= 0.3 is 0 Å². The highest BCUT2D eigenvalue weighted by atomic mass is 16.2. The minimum Gasteiger partial charge on any atom is -0.361 e. The van der Waals surface area contributed by atoms with Crippen LogP contribution in [-0.4, -0.2) is 27.1 Å². The molecule has 3 aromatic rings. The van der Waals surface area contributed by atoms with Crippen LogP contribution in [0.5, 0.6) is 0 Å². The maximum absolute atomic E-state index is 12.1. The Morgan fingerprint density at radius 1 is 1.43 bits per heavy atom. The monoisotopic (exact) mass is 283 g/mol. The minimum atomic E-state index is -0.619. The Kier molecular flexibility index (Phi) is 3.45. The van der Waals surface area contributed by atoms with Gasteiger partial charge in [0.05, 0.1) is 12.2 Å². The Labute approximate surface area is 121 Å². The summed E-state index contributed by atoms with van der Waals surface area (Å²) in [6.07, 6.45) is 4.03. The lowest BCUT2D eigenvalue weighted by Gasteiger charge is -2.11. The predicted molar refractivity (Wildman–Crippen MR) is 81.9 cm³/mol. The average Bonchev–Trinajstić information content (AvgIpc) is 3.07. The van der Waals surface area contributed by atoms with Crippen LogP contribution in [0, 0.1) is 6.92 Å². The predicted octanol–water partition coefficient (Wildman–Crippen LogP) is 1.71. The molecule has 0 bridgehead atoms. The molecule has 2 aromatic heterocycles. The fourth-order valence-electron chi connectivity index (χ4n) is 2.32. The zero-order valence-electron chi connectivity index (χ0n) is 11.7. The number of nitrogens with one attached hydrogen (secondary N) is 3. The van der Waals surface area contributed by atoms with E-state index in [1.165, 1.54) is 0 Å². The van der Waals surface area contributed by atoms with Gasteiger partial charge in [-0.15, -0.1) is 0 Å². The van der Waals surface area contributed by atoms with Crippen LogP contribution in [-0.2, 0) is 11.2 Å². The number of carbonyl (C=O) groups excluding carboxylic acids is 1. The third-order valence-electron chi connectivity index (χ3n) is 3.53. The number of nitrogens with zero attached hydrogens (tertiary/aromatic N) is 1. The highest BCUT2D eigenvalue weighted by Crippen LogP contribution is 2.19. The van der Waals surface area contributed by atoms with E-state index in [0.717, 1.165) is 22.0 Å². The highest BCUT2D eigenvalue weighted by molar-refractivity contribution is 5.95. The minimum absolute atomic E-state index is 0.229. The fraction of sp³-hybridized carbons (Fsp3) is 0.200. The molecule has 6 heteroatoms. The van der Waals surface area contributed by atoms with E-state index in [1.54, 1.807) is 6.20 Å². The van der Waals surface area contributed by atoms with E-state index in [-0.39, 0.29) is 5.91 Å². The van der Waals surface area contributed by atoms with Crippen molar-refractivity contribution in [1.82, 2.24) is 15.2 Å². The lowest BCUT2D eigenvalue weighted by Crippen LogP contribution is -2.37. The first-order valence-electron chi connectivity index (χ1n) is 6.76. The molecule has 5 N–H and O–H groups in total. The number of nitrogens with two attached hydrogens (primary N) is 1. The first kappa shape index (κ1) is 13.4. The maximum atomic E-state index is 12.1. The summed E-state index contributed by atoms with van der Waals surface area (Å²) in [7, 11) is 0. The quantitative estimate of drug-likeness (QED) is 0.586. The van der Waals surface area contributed by atoms with Gasteiger partial charge < -0.3 is 16.0 Å². The molecule has 0 saturated heterocycles. The number of anilines is 1. The second kappa shape index (κ2) is 5.41. The average molecular weight is 283 g/mol. The van der Waals surface area contributed by atoms with E-state index in [4.69, 9.17) is 5.73 Å². The summed E-state index contributed by atoms with van der Waals surface area (Å²) in [5, 5.41) is 10.5. The van der Waals surface area contributed by atoms with E-state index < -0.39 is 6.04 Å². The number of carbonyl (C=O) groups is 1. The molecule has 1 atom stereocenters. The summed E-state index contributed by atoms with van der Waals surface area (Å²) in [5.41, 5.74) is 8.97. The molecule has 6 nitrogen and oxygen atoms in total. The van der Waals surface area contributed by atoms with Crippen molar-refractivity contribution in [1.29, 1.82) is 0 Å². The molecule has 0 aliphatic carbocycles. The van der Waals surface area contributed by atoms with Crippen LogP contribution in [0.1, 0.15) is 11.1 Å². The van der Waals surface area contributed by atoms with Gasteiger partial charge in [-0.2, -0.15) is 5.10 Å². The second-order valence-corrected chi connectivity index (χ2v) is 5.09. The molecule has 0 fully saturated rings. The molecular formula is C15H17N5O. The summed E-state index contributed by atoms with van der Waals surface area (Å²) in [6, 6.07) is 7.34. The number of para-hydroxylation sites is 1. The zero-order chi connectivity index (χ0) is 14.8. The molecular weight excluding hydrogens is 266 g/mol. The van der Waals surface area contributed by atoms with Crippen molar-refractivity contribution in [2.75, 3.05) is 5.32 Å². The third-order valence-corrected chi connectivity index (χ3v) is 3.53. The summed E-state index contributed by atoms with van der Waals surface area (Å²) in [6.45, 7) is 1.87. The molecule has 0 unspecified atom stereocenters. The Morgan fingerprint density at radius 2 is 2.24 bits per heavy atom. The Bertz CT molecular complexity index is 773. The van der Waals surface area contributed by atoms with Crippen LogP contribution in [0.15, 0.2) is 36.7 Å². The Morgan fingerprint density at radius 3 is 3.00 bits per heavy atom. The molecule has 2 heterocycles. The molecule has 1 aromatic carbocycles. The molecule has 0 aliphatic rings. The number of hydrogen-bond acceptors (Lipinski definition) is 3. The van der Waals surface area contributed by atoms with E-state index in [9.17, 15) is 4.79 Å². The molecule has 21 heavy (non-hydrogen) atoms. The van der Waals surface area contributed by atoms with Crippen LogP contribution in [0.3, 0.4) is 0 Å². The summed E-state index contributed by atoms with van der Waals surface area (Å²) < 4.78 is 0. The van der Waals surface area contributed by atoms with Crippen molar-refractivity contribution in [2.24, 2.45) is 5.73 Å². The normalized spacial score (nSPS) is 12.5. The van der Waals surface area contributed by atoms with E-state index in [0.29, 0.717) is 12.2 Å². The third kappa shape index (κ3) is 2.66. The smallest absolute Gasteiger partial charge is 0.242 e. The van der Waals surface area contributed by atoms with Gasteiger partial charge in [-0.1, -0.05) is 18.2 Å². The van der Waals surface area contributed by atoms with E-state index in [2.05, 4.69) is 20.5 Å². The largest absolute Gasteiger partial charge is 0.361 e. The molecule has 0 spiro atoms. The molecule has 1 amide bonds. The number of rotatable bonds is 4. The van der Waals surface area contributed by atoms with Gasteiger partial charge in [0.25, 0.3) is 0 Å². The number of aromatic nitrogens is 3. The van der Waals surface area contributed by atoms with Crippen molar-refractivity contribution in [3.8, 4) is 0 Å². The van der Waals surface area contributed by atoms with Crippen LogP contribution < -0.4 is 11.1 Å². The summed E-state index contributed by atoms with van der Waals surface area (Å²) in [4.78, 5) is 15.3. The fourth-order valence-corrected chi connectivity index (χ4v) is 2.32. The van der Waals surface area contributed by atoms with Gasteiger partial charge in [0.1, 0.15) is 5.82 Å². The highest BCUT2D eigenvalue weighted by Gasteiger charge is 2.17. The lowest BCUT2D eigenvalue weighted by molar-refractivity contribution is -0.117. The Balaban J connectivity index is 1.72. The maximum Gasteiger partial charge on any atom is 0.242 e. The summed E-state index contributed by atoms with van der Waals surface area (Å²) >= 11 is 0. The number of H-pyrrole nitrogens is 2. The van der Waals surface area contributed by atoms with Crippen molar-refractivity contribution in [3.05, 3.63) is 47.8 Å². The molecule has 108 valence electrons. The molecule has 0 aliphatic heterocycles. The van der Waals surface area contributed by atoms with Gasteiger partial charge in [-0.05, 0) is 25.0 Å². The summed E-state index contributed by atoms with van der Waals surface area (Å²) in [5.74, 6) is 0.363. The SMILES string of the molecule is Cc1cn[nH]c1NC(=O)[C@H](N)Cc1c[nH]c2ccccc12. The van der Waals surface area contributed by atoms with Gasteiger partial charge in [-0.3, -0.25) is 9.89 Å². The number of benzene rings is 1. The zero-order valence-corrected chi connectivity index (χ0v) is 11.7. The first-order chi connectivity index (χ1) is 10.1. The lowest BCUT2D eigenvalue weighted by atomic mass is 10.1. The standard InChI is InChI=1S/C15H17N5O/c1-9-7-18-20-14(9)19-15(21)12(16)6-10-8-17-13-5-3-2-4-11(10)13/h2-5,7-8,12,17H,6,16H2,1H3,(H2,18,19,20,21)/t12-/m1/s1. The molecule has 3 rings (SSSR count). The van der Waals surface area contributed by atoms with Crippen LogP contribution in [0.25, 0.3) is 10.9 Å². The second-order valence-electron chi connectivity index (χ2n) is 5.09. The number of aromatic amines is 2. The van der Waals surface area contributed by atoms with Crippen LogP contribution in [0.2, 0.25) is 0 Å². The Hall–Kier alpha value is -2.60. The van der Waals surface area contributed by atoms with Gasteiger partial charge in [-0.25, -0.2) is 0 Å². The number of fused-ring (bicyclic) bond motifs is 1. The van der Waals surface area contributed by atoms with Gasteiger partial charge in [0.15, 0.2) is 0 Å². The topological polar surface area (TPSA) is 99.6 Å². The number of aryl methyl sites for hydroxylation is 1. The number of amides is 1. The van der Waals surface area contributed by atoms with Gasteiger partial charge in [0.2, 0.25) is 5.91 Å². The molecule has 0 radical (unpaired) electrons.